The molecular formula is C15H27NO2. The van der Waals surface area contributed by atoms with Crippen LogP contribution in [-0.2, 0) is 4.79 Å². The van der Waals surface area contributed by atoms with Gasteiger partial charge in [0.2, 0.25) is 0 Å². The van der Waals surface area contributed by atoms with Crippen molar-refractivity contribution in [3.05, 3.63) is 0 Å². The smallest absolute Gasteiger partial charge is 0.129 e. The van der Waals surface area contributed by atoms with E-state index in [4.69, 9.17) is 0 Å². The SMILES string of the molecule is CC(=O)CCCC(O)N1CCCC2CCCCC21. The average molecular weight is 253 g/mol. The molecule has 2 aliphatic rings. The third-order valence-corrected chi connectivity index (χ3v) is 4.66. The van der Waals surface area contributed by atoms with Crippen LogP contribution in [0.4, 0.5) is 0 Å². The number of piperidine rings is 1. The van der Waals surface area contributed by atoms with Crippen LogP contribution in [0.25, 0.3) is 0 Å². The zero-order chi connectivity index (χ0) is 13.0. The minimum atomic E-state index is -0.324. The number of carbonyl (C=O) groups excluding carboxylic acids is 1. The largest absolute Gasteiger partial charge is 0.378 e. The number of hydrogen-bond acceptors (Lipinski definition) is 3. The fourth-order valence-corrected chi connectivity index (χ4v) is 3.73. The Labute approximate surface area is 111 Å². The molecule has 1 N–H and O–H groups in total. The average Bonchev–Trinajstić information content (AvgIpc) is 2.37. The Hall–Kier alpha value is -0.410. The van der Waals surface area contributed by atoms with Gasteiger partial charge in [-0.3, -0.25) is 4.90 Å². The lowest BCUT2D eigenvalue weighted by molar-refractivity contribution is -0.117. The third kappa shape index (κ3) is 3.55. The minimum absolute atomic E-state index is 0.233. The van der Waals surface area contributed by atoms with Crippen molar-refractivity contribution in [1.29, 1.82) is 0 Å². The maximum Gasteiger partial charge on any atom is 0.129 e. The van der Waals surface area contributed by atoms with E-state index < -0.39 is 0 Å². The highest BCUT2D eigenvalue weighted by molar-refractivity contribution is 5.75. The molecule has 2 fully saturated rings. The van der Waals surface area contributed by atoms with Crippen molar-refractivity contribution < 1.29 is 9.90 Å². The summed E-state index contributed by atoms with van der Waals surface area (Å²) in [5.74, 6) is 1.05. The number of carbonyl (C=O) groups is 1. The molecule has 1 aliphatic carbocycles. The predicted molar refractivity (Wildman–Crippen MR) is 72.2 cm³/mol. The van der Waals surface area contributed by atoms with Gasteiger partial charge in [0.1, 0.15) is 12.0 Å². The monoisotopic (exact) mass is 253 g/mol. The minimum Gasteiger partial charge on any atom is -0.378 e. The molecule has 18 heavy (non-hydrogen) atoms. The van der Waals surface area contributed by atoms with Crippen molar-refractivity contribution in [3.8, 4) is 0 Å². The Morgan fingerprint density at radius 2 is 2.00 bits per heavy atom. The van der Waals surface area contributed by atoms with E-state index in [9.17, 15) is 9.90 Å². The fraction of sp³-hybridized carbons (Fsp3) is 0.933. The highest BCUT2D eigenvalue weighted by atomic mass is 16.3. The van der Waals surface area contributed by atoms with Gasteiger partial charge in [-0.15, -0.1) is 0 Å². The predicted octanol–water partition coefficient (Wildman–Crippen LogP) is 2.72. The molecule has 3 atom stereocenters. The van der Waals surface area contributed by atoms with Gasteiger partial charge >= 0.3 is 0 Å². The van der Waals surface area contributed by atoms with Crippen LogP contribution in [0.2, 0.25) is 0 Å². The second-order valence-corrected chi connectivity index (χ2v) is 6.07. The second-order valence-electron chi connectivity index (χ2n) is 6.07. The first-order valence-corrected chi connectivity index (χ1v) is 7.61. The molecule has 0 aromatic rings. The maximum atomic E-state index is 10.9. The molecule has 0 aromatic heterocycles. The van der Waals surface area contributed by atoms with E-state index in [1.54, 1.807) is 6.92 Å². The summed E-state index contributed by atoms with van der Waals surface area (Å²) in [7, 11) is 0. The summed E-state index contributed by atoms with van der Waals surface area (Å²) >= 11 is 0. The van der Waals surface area contributed by atoms with E-state index in [2.05, 4.69) is 4.90 Å². The van der Waals surface area contributed by atoms with E-state index in [-0.39, 0.29) is 12.0 Å². The molecule has 3 unspecified atom stereocenters. The van der Waals surface area contributed by atoms with Gasteiger partial charge in [-0.05, 0) is 51.4 Å². The maximum absolute atomic E-state index is 10.9. The van der Waals surface area contributed by atoms with Gasteiger partial charge in [0, 0.05) is 19.0 Å². The van der Waals surface area contributed by atoms with Crippen molar-refractivity contribution in [3.63, 3.8) is 0 Å². The van der Waals surface area contributed by atoms with Crippen LogP contribution in [0.5, 0.6) is 0 Å². The summed E-state index contributed by atoms with van der Waals surface area (Å²) in [6.45, 7) is 2.67. The molecule has 2 rings (SSSR count). The molecule has 1 aliphatic heterocycles. The summed E-state index contributed by atoms with van der Waals surface area (Å²) in [5, 5.41) is 10.3. The molecule has 3 heteroatoms. The molecule has 1 heterocycles. The Morgan fingerprint density at radius 1 is 1.28 bits per heavy atom. The van der Waals surface area contributed by atoms with Gasteiger partial charge in [0.05, 0.1) is 0 Å². The Bertz CT molecular complexity index is 278. The van der Waals surface area contributed by atoms with Crippen LogP contribution in [-0.4, -0.2) is 34.6 Å². The van der Waals surface area contributed by atoms with E-state index in [1.807, 2.05) is 0 Å². The molecule has 0 amide bonds. The number of rotatable bonds is 5. The number of hydrogen-bond donors (Lipinski definition) is 1. The molecule has 3 nitrogen and oxygen atoms in total. The third-order valence-electron chi connectivity index (χ3n) is 4.66. The molecule has 0 radical (unpaired) electrons. The molecule has 0 spiro atoms. The molecule has 1 saturated heterocycles. The van der Waals surface area contributed by atoms with Gasteiger partial charge in [-0.2, -0.15) is 0 Å². The summed E-state index contributed by atoms with van der Waals surface area (Å²) in [4.78, 5) is 13.3. The first kappa shape index (κ1) is 14.0. The van der Waals surface area contributed by atoms with Crippen LogP contribution in [0, 0.1) is 5.92 Å². The lowest BCUT2D eigenvalue weighted by Gasteiger charge is -2.46. The van der Waals surface area contributed by atoms with Crippen LogP contribution in [0.3, 0.4) is 0 Å². The highest BCUT2D eigenvalue weighted by Gasteiger charge is 2.35. The Balaban J connectivity index is 1.83. The van der Waals surface area contributed by atoms with Crippen molar-refractivity contribution in [2.75, 3.05) is 6.54 Å². The van der Waals surface area contributed by atoms with Crippen LogP contribution in [0.15, 0.2) is 0 Å². The molecule has 0 bridgehead atoms. The first-order chi connectivity index (χ1) is 8.68. The number of ketones is 1. The van der Waals surface area contributed by atoms with Gasteiger partial charge < -0.3 is 9.90 Å². The number of aliphatic hydroxyl groups excluding tert-OH is 1. The summed E-state index contributed by atoms with van der Waals surface area (Å²) in [6, 6.07) is 0.611. The first-order valence-electron chi connectivity index (χ1n) is 7.61. The van der Waals surface area contributed by atoms with Crippen molar-refractivity contribution in [2.24, 2.45) is 5.92 Å². The number of aliphatic hydroxyl groups is 1. The zero-order valence-corrected chi connectivity index (χ0v) is 11.6. The Morgan fingerprint density at radius 3 is 2.78 bits per heavy atom. The van der Waals surface area contributed by atoms with Gasteiger partial charge in [0.25, 0.3) is 0 Å². The summed E-state index contributed by atoms with van der Waals surface area (Å²) < 4.78 is 0. The zero-order valence-electron chi connectivity index (χ0n) is 11.6. The van der Waals surface area contributed by atoms with E-state index >= 15 is 0 Å². The van der Waals surface area contributed by atoms with E-state index in [0.29, 0.717) is 12.5 Å². The highest BCUT2D eigenvalue weighted by Crippen LogP contribution is 2.36. The summed E-state index contributed by atoms with van der Waals surface area (Å²) in [5.41, 5.74) is 0. The topological polar surface area (TPSA) is 40.5 Å². The van der Waals surface area contributed by atoms with E-state index in [0.717, 1.165) is 25.3 Å². The standard InChI is InChI=1S/C15H27NO2/c1-12(17)6-4-10-15(18)16-11-5-8-13-7-2-3-9-14(13)16/h13-15,18H,2-11H2,1H3. The lowest BCUT2D eigenvalue weighted by atomic mass is 9.78. The molecule has 1 saturated carbocycles. The van der Waals surface area contributed by atoms with Crippen molar-refractivity contribution in [1.82, 2.24) is 4.90 Å². The van der Waals surface area contributed by atoms with E-state index in [1.165, 1.54) is 38.5 Å². The lowest BCUT2D eigenvalue weighted by Crippen LogP contribution is -2.51. The number of likely N-dealkylation sites (tertiary alicyclic amines) is 1. The van der Waals surface area contributed by atoms with Gasteiger partial charge in [-0.25, -0.2) is 0 Å². The van der Waals surface area contributed by atoms with Crippen molar-refractivity contribution >= 4 is 5.78 Å². The Kier molecular flexibility index (Phi) is 5.19. The number of Topliss-reactive ketones (excluding diaryl/α,β-unsaturated/α-hetero) is 1. The number of fused-ring (bicyclic) bond motifs is 1. The van der Waals surface area contributed by atoms with Gasteiger partial charge in [-0.1, -0.05) is 12.8 Å². The van der Waals surface area contributed by atoms with Crippen LogP contribution < -0.4 is 0 Å². The normalized spacial score (nSPS) is 30.8. The fourth-order valence-electron chi connectivity index (χ4n) is 3.73. The number of nitrogens with zero attached hydrogens (tertiary/aromatic N) is 1. The molecule has 104 valence electrons. The van der Waals surface area contributed by atoms with Crippen molar-refractivity contribution in [2.45, 2.75) is 77.0 Å². The summed E-state index contributed by atoms with van der Waals surface area (Å²) in [6.07, 6.45) is 9.73. The quantitative estimate of drug-likeness (QED) is 0.819. The van der Waals surface area contributed by atoms with Crippen LogP contribution >= 0.6 is 0 Å². The molecular weight excluding hydrogens is 226 g/mol. The van der Waals surface area contributed by atoms with Crippen LogP contribution in [0.1, 0.15) is 64.7 Å². The van der Waals surface area contributed by atoms with Gasteiger partial charge in [0.15, 0.2) is 0 Å². The molecule has 0 aromatic carbocycles. The second kappa shape index (κ2) is 6.67.